The molecule has 1 aromatic heterocycles. The van der Waals surface area contributed by atoms with Crippen molar-refractivity contribution in [2.45, 2.75) is 34.1 Å². The van der Waals surface area contributed by atoms with Gasteiger partial charge in [-0.05, 0) is 11.8 Å². The van der Waals surface area contributed by atoms with Crippen LogP contribution in [0.25, 0.3) is 0 Å². The Balaban J connectivity index is 2.51. The van der Waals surface area contributed by atoms with E-state index in [1.165, 1.54) is 11.3 Å². The minimum Gasteiger partial charge on any atom is -0.476 e. The Kier molecular flexibility index (Phi) is 6.45. The summed E-state index contributed by atoms with van der Waals surface area (Å²) in [5.41, 5.74) is 0.166. The van der Waals surface area contributed by atoms with Crippen molar-refractivity contribution in [3.05, 3.63) is 16.1 Å². The number of rotatable bonds is 8. The number of nitrogens with zero attached hydrogens (tertiary/aromatic N) is 2. The summed E-state index contributed by atoms with van der Waals surface area (Å²) in [5.74, 6) is 0.345. The van der Waals surface area contributed by atoms with Gasteiger partial charge in [0.25, 0.3) is 0 Å². The molecule has 1 rings (SSSR count). The lowest BCUT2D eigenvalue weighted by molar-refractivity contribution is 0.0691. The number of aromatic carboxylic acids is 1. The molecule has 0 saturated carbocycles. The summed E-state index contributed by atoms with van der Waals surface area (Å²) >= 11 is 1.44. The molecular weight excluding hydrogens is 260 g/mol. The van der Waals surface area contributed by atoms with E-state index in [-0.39, 0.29) is 5.69 Å². The lowest BCUT2D eigenvalue weighted by atomic mass is 10.1. The predicted molar refractivity (Wildman–Crippen MR) is 78.9 cm³/mol. The molecule has 0 aliphatic rings. The summed E-state index contributed by atoms with van der Waals surface area (Å²) in [6, 6.07) is 0. The Labute approximate surface area is 119 Å². The largest absolute Gasteiger partial charge is 0.476 e. The van der Waals surface area contributed by atoms with Gasteiger partial charge in [0.05, 0.1) is 5.01 Å². The second-order valence-corrected chi connectivity index (χ2v) is 6.67. The smallest absolute Gasteiger partial charge is 0.355 e. The topological polar surface area (TPSA) is 53.4 Å². The van der Waals surface area contributed by atoms with Crippen molar-refractivity contribution in [2.75, 3.05) is 19.6 Å². The van der Waals surface area contributed by atoms with Crippen LogP contribution in [-0.4, -0.2) is 40.6 Å². The molecule has 0 unspecified atom stereocenters. The van der Waals surface area contributed by atoms with Crippen LogP contribution in [0.5, 0.6) is 0 Å². The summed E-state index contributed by atoms with van der Waals surface area (Å²) in [4.78, 5) is 17.4. The molecule has 19 heavy (non-hydrogen) atoms. The zero-order valence-corrected chi connectivity index (χ0v) is 13.0. The van der Waals surface area contributed by atoms with E-state index in [9.17, 15) is 4.79 Å². The predicted octanol–water partition coefficient (Wildman–Crippen LogP) is 3.00. The van der Waals surface area contributed by atoms with Gasteiger partial charge in [-0.3, -0.25) is 0 Å². The van der Waals surface area contributed by atoms with Gasteiger partial charge in [0.15, 0.2) is 5.69 Å². The van der Waals surface area contributed by atoms with Crippen molar-refractivity contribution < 1.29 is 9.90 Å². The highest BCUT2D eigenvalue weighted by Gasteiger charge is 2.12. The van der Waals surface area contributed by atoms with Crippen LogP contribution in [0.15, 0.2) is 5.38 Å². The van der Waals surface area contributed by atoms with E-state index in [4.69, 9.17) is 5.11 Å². The monoisotopic (exact) mass is 284 g/mol. The zero-order chi connectivity index (χ0) is 14.4. The summed E-state index contributed by atoms with van der Waals surface area (Å²) in [6.45, 7) is 12.0. The van der Waals surface area contributed by atoms with E-state index in [2.05, 4.69) is 37.6 Å². The Morgan fingerprint density at radius 1 is 1.32 bits per heavy atom. The van der Waals surface area contributed by atoms with Gasteiger partial charge in [0.1, 0.15) is 0 Å². The maximum Gasteiger partial charge on any atom is 0.355 e. The fourth-order valence-corrected chi connectivity index (χ4v) is 2.83. The number of hydrogen-bond acceptors (Lipinski definition) is 4. The molecular formula is C14H24N2O2S. The highest BCUT2D eigenvalue weighted by atomic mass is 32.1. The molecule has 0 spiro atoms. The molecule has 0 aromatic carbocycles. The first-order valence-corrected chi connectivity index (χ1v) is 7.66. The fourth-order valence-electron chi connectivity index (χ4n) is 2.07. The van der Waals surface area contributed by atoms with Crippen LogP contribution in [0.3, 0.4) is 0 Å². The summed E-state index contributed by atoms with van der Waals surface area (Å²) < 4.78 is 0. The average Bonchev–Trinajstić information content (AvgIpc) is 2.73. The SMILES string of the molecule is CC(C)CN(CCc1nc(C(=O)O)cs1)CC(C)C. The second-order valence-electron chi connectivity index (χ2n) is 5.73. The van der Waals surface area contributed by atoms with Crippen molar-refractivity contribution in [1.82, 2.24) is 9.88 Å². The van der Waals surface area contributed by atoms with Crippen molar-refractivity contribution in [3.63, 3.8) is 0 Å². The number of hydrogen-bond donors (Lipinski definition) is 1. The molecule has 0 aliphatic heterocycles. The lowest BCUT2D eigenvalue weighted by Gasteiger charge is -2.25. The molecule has 1 N–H and O–H groups in total. The van der Waals surface area contributed by atoms with Gasteiger partial charge in [0.2, 0.25) is 0 Å². The average molecular weight is 284 g/mol. The lowest BCUT2D eigenvalue weighted by Crippen LogP contribution is -2.33. The third-order valence-electron chi connectivity index (χ3n) is 2.66. The van der Waals surface area contributed by atoms with Gasteiger partial charge in [-0.25, -0.2) is 9.78 Å². The first-order chi connectivity index (χ1) is 8.88. The zero-order valence-electron chi connectivity index (χ0n) is 12.2. The standard InChI is InChI=1S/C14H24N2O2S/c1-10(2)7-16(8-11(3)4)6-5-13-15-12(9-19-13)14(17)18/h9-11H,5-8H2,1-4H3,(H,17,18). The minimum atomic E-state index is -0.941. The maximum absolute atomic E-state index is 10.8. The van der Waals surface area contributed by atoms with Crippen LogP contribution >= 0.6 is 11.3 Å². The van der Waals surface area contributed by atoms with E-state index < -0.39 is 5.97 Å². The molecule has 1 heterocycles. The highest BCUT2D eigenvalue weighted by Crippen LogP contribution is 2.12. The van der Waals surface area contributed by atoms with Gasteiger partial charge >= 0.3 is 5.97 Å². The normalized spacial score (nSPS) is 11.7. The van der Waals surface area contributed by atoms with E-state index in [0.29, 0.717) is 11.8 Å². The highest BCUT2D eigenvalue weighted by molar-refractivity contribution is 7.09. The van der Waals surface area contributed by atoms with Crippen molar-refractivity contribution in [3.8, 4) is 0 Å². The van der Waals surface area contributed by atoms with E-state index in [0.717, 1.165) is 31.1 Å². The van der Waals surface area contributed by atoms with Crippen LogP contribution in [0.1, 0.15) is 43.2 Å². The summed E-state index contributed by atoms with van der Waals surface area (Å²) in [6.07, 6.45) is 0.831. The third-order valence-corrected chi connectivity index (χ3v) is 3.57. The van der Waals surface area contributed by atoms with E-state index in [1.54, 1.807) is 5.38 Å². The quantitative estimate of drug-likeness (QED) is 0.797. The van der Waals surface area contributed by atoms with Gasteiger partial charge < -0.3 is 10.0 Å². The molecule has 0 amide bonds. The molecule has 0 bridgehead atoms. The first-order valence-electron chi connectivity index (χ1n) is 6.78. The van der Waals surface area contributed by atoms with Gasteiger partial charge in [0, 0.05) is 31.4 Å². The van der Waals surface area contributed by atoms with E-state index in [1.807, 2.05) is 0 Å². The molecule has 1 aromatic rings. The van der Waals surface area contributed by atoms with Crippen LogP contribution in [0.2, 0.25) is 0 Å². The Bertz CT molecular complexity index is 392. The van der Waals surface area contributed by atoms with Crippen molar-refractivity contribution in [2.24, 2.45) is 11.8 Å². The molecule has 0 saturated heterocycles. The molecule has 4 nitrogen and oxygen atoms in total. The van der Waals surface area contributed by atoms with Crippen LogP contribution in [-0.2, 0) is 6.42 Å². The molecule has 5 heteroatoms. The summed E-state index contributed by atoms with van der Waals surface area (Å²) in [7, 11) is 0. The van der Waals surface area contributed by atoms with Crippen LogP contribution < -0.4 is 0 Å². The first kappa shape index (κ1) is 16.1. The maximum atomic E-state index is 10.8. The van der Waals surface area contributed by atoms with E-state index >= 15 is 0 Å². The number of carboxylic acid groups (broad SMARTS) is 1. The number of aromatic nitrogens is 1. The van der Waals surface area contributed by atoms with Gasteiger partial charge in [-0.1, -0.05) is 27.7 Å². The third kappa shape index (κ3) is 6.16. The molecule has 108 valence electrons. The number of carbonyl (C=O) groups is 1. The van der Waals surface area contributed by atoms with Crippen LogP contribution in [0, 0.1) is 11.8 Å². The number of thiazole rings is 1. The van der Waals surface area contributed by atoms with Gasteiger partial charge in [-0.2, -0.15) is 0 Å². The van der Waals surface area contributed by atoms with Crippen molar-refractivity contribution in [1.29, 1.82) is 0 Å². The summed E-state index contributed by atoms with van der Waals surface area (Å²) in [5, 5.41) is 11.4. The Morgan fingerprint density at radius 3 is 2.32 bits per heavy atom. The number of carboxylic acids is 1. The van der Waals surface area contributed by atoms with Crippen molar-refractivity contribution >= 4 is 17.3 Å². The minimum absolute atomic E-state index is 0.166. The Hall–Kier alpha value is -0.940. The Morgan fingerprint density at radius 2 is 1.89 bits per heavy atom. The molecule has 0 radical (unpaired) electrons. The molecule has 0 atom stereocenters. The molecule has 0 fully saturated rings. The fraction of sp³-hybridized carbons (Fsp3) is 0.714. The van der Waals surface area contributed by atoms with Gasteiger partial charge in [-0.15, -0.1) is 11.3 Å². The molecule has 0 aliphatic carbocycles. The second kappa shape index (κ2) is 7.60. The van der Waals surface area contributed by atoms with Crippen LogP contribution in [0.4, 0.5) is 0 Å².